The molecule has 3 rings (SSSR count). The highest BCUT2D eigenvalue weighted by Crippen LogP contribution is 2.31. The largest absolute Gasteiger partial charge is 0.461 e. The quantitative estimate of drug-likeness (QED) is 0.313. The number of azide groups is 1. The molecule has 2 aromatic rings. The molecule has 1 aliphatic carbocycles. The van der Waals surface area contributed by atoms with Crippen molar-refractivity contribution in [2.75, 3.05) is 0 Å². The van der Waals surface area contributed by atoms with Gasteiger partial charge in [0.2, 0.25) is 0 Å². The van der Waals surface area contributed by atoms with E-state index in [0.717, 1.165) is 11.1 Å². The molecule has 2 aromatic carbocycles. The molecule has 0 aliphatic heterocycles. The molecule has 0 bridgehead atoms. The lowest BCUT2D eigenvalue weighted by molar-refractivity contribution is -0.150. The van der Waals surface area contributed by atoms with Crippen LogP contribution in [-0.4, -0.2) is 35.4 Å². The summed E-state index contributed by atoms with van der Waals surface area (Å²) in [6, 6.07) is 16.4. The van der Waals surface area contributed by atoms with Crippen molar-refractivity contribution in [1.82, 2.24) is 5.32 Å². The second kappa shape index (κ2) is 10.3. The number of aliphatic hydroxyl groups excluding tert-OH is 1. The van der Waals surface area contributed by atoms with E-state index in [2.05, 4.69) is 15.3 Å². The predicted molar refractivity (Wildman–Crippen MR) is 107 cm³/mol. The first kappa shape index (κ1) is 21.2. The molecule has 1 saturated carbocycles. The SMILES string of the molecule is [N-]=[N+]=N[C@@H]1C[C@@H](C(=O)OCc2ccccc2)[C@@H](NC(=O)OCc2ccccc2)[C@H]1O. The average molecular weight is 410 g/mol. The molecule has 0 radical (unpaired) electrons. The number of nitrogens with one attached hydrogen (secondary N) is 1. The molecule has 0 saturated heterocycles. The number of carbonyl (C=O) groups excluding carboxylic acids is 2. The number of aliphatic hydroxyl groups is 1. The Kier molecular flexibility index (Phi) is 7.26. The third-order valence-corrected chi connectivity index (χ3v) is 4.91. The van der Waals surface area contributed by atoms with Crippen LogP contribution in [0, 0.1) is 5.92 Å². The van der Waals surface area contributed by atoms with Crippen LogP contribution < -0.4 is 5.32 Å². The third-order valence-electron chi connectivity index (χ3n) is 4.91. The number of hydrogen-bond acceptors (Lipinski definition) is 6. The van der Waals surface area contributed by atoms with Gasteiger partial charge in [-0.2, -0.15) is 0 Å². The fourth-order valence-electron chi connectivity index (χ4n) is 3.37. The van der Waals surface area contributed by atoms with Gasteiger partial charge in [-0.15, -0.1) is 0 Å². The average Bonchev–Trinajstić information content (AvgIpc) is 3.08. The lowest BCUT2D eigenvalue weighted by Crippen LogP contribution is -2.47. The van der Waals surface area contributed by atoms with E-state index in [4.69, 9.17) is 15.0 Å². The van der Waals surface area contributed by atoms with Crippen molar-refractivity contribution < 1.29 is 24.2 Å². The Bertz CT molecular complexity index is 902. The first-order chi connectivity index (χ1) is 14.6. The number of rotatable bonds is 7. The Hall–Kier alpha value is -3.55. The Labute approximate surface area is 173 Å². The van der Waals surface area contributed by atoms with Crippen molar-refractivity contribution in [2.24, 2.45) is 11.0 Å². The Morgan fingerprint density at radius 2 is 1.60 bits per heavy atom. The zero-order chi connectivity index (χ0) is 21.3. The van der Waals surface area contributed by atoms with Gasteiger partial charge in [-0.3, -0.25) is 4.79 Å². The van der Waals surface area contributed by atoms with Crippen LogP contribution in [0.2, 0.25) is 0 Å². The third kappa shape index (κ3) is 5.50. The van der Waals surface area contributed by atoms with Crippen LogP contribution in [0.3, 0.4) is 0 Å². The van der Waals surface area contributed by atoms with Crippen LogP contribution in [0.25, 0.3) is 10.4 Å². The van der Waals surface area contributed by atoms with Crippen molar-refractivity contribution >= 4 is 12.1 Å². The fourth-order valence-corrected chi connectivity index (χ4v) is 3.37. The molecular weight excluding hydrogens is 388 g/mol. The number of alkyl carbamates (subject to hydrolysis) is 1. The highest BCUT2D eigenvalue weighted by Gasteiger charge is 2.47. The standard InChI is InChI=1S/C21H22N4O5/c22-25-24-17-11-16(20(27)29-12-14-7-3-1-4-8-14)18(19(17)26)23-21(28)30-13-15-9-5-2-6-10-15/h1-10,16-19,26H,11-13H2,(H,23,28)/t16-,17-,18-,19+/m1/s1. The topological polar surface area (TPSA) is 134 Å². The van der Waals surface area contributed by atoms with E-state index in [-0.39, 0.29) is 19.6 Å². The maximum Gasteiger partial charge on any atom is 0.407 e. The van der Waals surface area contributed by atoms with Gasteiger partial charge in [0.05, 0.1) is 24.1 Å². The molecule has 9 nitrogen and oxygen atoms in total. The number of ether oxygens (including phenoxy) is 2. The van der Waals surface area contributed by atoms with Gasteiger partial charge in [-0.25, -0.2) is 4.79 Å². The van der Waals surface area contributed by atoms with Crippen LogP contribution in [0.1, 0.15) is 17.5 Å². The number of hydrogen-bond donors (Lipinski definition) is 2. The highest BCUT2D eigenvalue weighted by atomic mass is 16.5. The van der Waals surface area contributed by atoms with Crippen LogP contribution in [0.5, 0.6) is 0 Å². The molecule has 0 aromatic heterocycles. The molecule has 2 N–H and O–H groups in total. The summed E-state index contributed by atoms with van der Waals surface area (Å²) < 4.78 is 10.5. The van der Waals surface area contributed by atoms with Crippen LogP contribution >= 0.6 is 0 Å². The number of carbonyl (C=O) groups is 2. The lowest BCUT2D eigenvalue weighted by Gasteiger charge is -2.22. The van der Waals surface area contributed by atoms with E-state index in [9.17, 15) is 14.7 Å². The summed E-state index contributed by atoms with van der Waals surface area (Å²) in [6.07, 6.45) is -1.97. The Morgan fingerprint density at radius 3 is 2.17 bits per heavy atom. The molecule has 156 valence electrons. The van der Waals surface area contributed by atoms with Crippen molar-refractivity contribution in [1.29, 1.82) is 0 Å². The normalized spacial score (nSPS) is 22.6. The number of esters is 1. The molecular formula is C21H22N4O5. The second-order valence-corrected chi connectivity index (χ2v) is 6.93. The second-order valence-electron chi connectivity index (χ2n) is 6.93. The van der Waals surface area contributed by atoms with E-state index in [0.29, 0.717) is 0 Å². The lowest BCUT2D eigenvalue weighted by atomic mass is 10.0. The van der Waals surface area contributed by atoms with E-state index in [1.165, 1.54) is 0 Å². The first-order valence-corrected chi connectivity index (χ1v) is 9.48. The number of benzene rings is 2. The van der Waals surface area contributed by atoms with Crippen LogP contribution in [-0.2, 0) is 27.5 Å². The van der Waals surface area contributed by atoms with E-state index < -0.39 is 36.2 Å². The molecule has 0 heterocycles. The van der Waals surface area contributed by atoms with E-state index in [1.54, 1.807) is 12.1 Å². The minimum atomic E-state index is -1.24. The summed E-state index contributed by atoms with van der Waals surface area (Å²) in [5, 5.41) is 16.5. The van der Waals surface area contributed by atoms with Gasteiger partial charge in [-0.1, -0.05) is 65.8 Å². The Balaban J connectivity index is 1.62. The first-order valence-electron chi connectivity index (χ1n) is 9.48. The van der Waals surface area contributed by atoms with Gasteiger partial charge in [0.1, 0.15) is 13.2 Å². The fraction of sp³-hybridized carbons (Fsp3) is 0.333. The van der Waals surface area contributed by atoms with Gasteiger partial charge >= 0.3 is 12.1 Å². The molecule has 0 spiro atoms. The van der Waals surface area contributed by atoms with Crippen molar-refractivity contribution in [2.45, 2.75) is 37.8 Å². The summed E-state index contributed by atoms with van der Waals surface area (Å²) in [5.74, 6) is -1.47. The van der Waals surface area contributed by atoms with E-state index in [1.807, 2.05) is 48.5 Å². The Morgan fingerprint density at radius 1 is 1.03 bits per heavy atom. The van der Waals surface area contributed by atoms with Crippen molar-refractivity contribution in [3.8, 4) is 0 Å². The number of nitrogens with zero attached hydrogens (tertiary/aromatic N) is 3. The zero-order valence-electron chi connectivity index (χ0n) is 16.1. The minimum Gasteiger partial charge on any atom is -0.461 e. The molecule has 1 aliphatic rings. The summed E-state index contributed by atoms with van der Waals surface area (Å²) >= 11 is 0. The summed E-state index contributed by atoms with van der Waals surface area (Å²) in [6.45, 7) is 0.0992. The van der Waals surface area contributed by atoms with E-state index >= 15 is 0 Å². The minimum absolute atomic E-state index is 0.0401. The maximum atomic E-state index is 12.6. The van der Waals surface area contributed by atoms with Gasteiger partial charge in [0.15, 0.2) is 0 Å². The molecule has 1 amide bonds. The van der Waals surface area contributed by atoms with Gasteiger partial charge in [0, 0.05) is 4.91 Å². The molecule has 4 atom stereocenters. The van der Waals surface area contributed by atoms with Crippen LogP contribution in [0.15, 0.2) is 65.8 Å². The van der Waals surface area contributed by atoms with Gasteiger partial charge in [-0.05, 0) is 23.1 Å². The molecule has 0 unspecified atom stereocenters. The monoisotopic (exact) mass is 410 g/mol. The maximum absolute atomic E-state index is 12.6. The summed E-state index contributed by atoms with van der Waals surface area (Å²) in [7, 11) is 0. The predicted octanol–water partition coefficient (Wildman–Crippen LogP) is 3.08. The molecule has 30 heavy (non-hydrogen) atoms. The smallest absolute Gasteiger partial charge is 0.407 e. The van der Waals surface area contributed by atoms with Gasteiger partial charge in [0.25, 0.3) is 0 Å². The van der Waals surface area contributed by atoms with Crippen LogP contribution in [0.4, 0.5) is 4.79 Å². The zero-order valence-corrected chi connectivity index (χ0v) is 16.1. The highest BCUT2D eigenvalue weighted by molar-refractivity contribution is 5.76. The molecule has 1 fully saturated rings. The molecule has 9 heteroatoms. The van der Waals surface area contributed by atoms with Crippen molar-refractivity contribution in [3.63, 3.8) is 0 Å². The van der Waals surface area contributed by atoms with Gasteiger partial charge < -0.3 is 19.9 Å². The summed E-state index contributed by atoms with van der Waals surface area (Å²) in [5.41, 5.74) is 10.3. The summed E-state index contributed by atoms with van der Waals surface area (Å²) in [4.78, 5) is 27.6. The number of amides is 1. The van der Waals surface area contributed by atoms with Crippen molar-refractivity contribution in [3.05, 3.63) is 82.2 Å².